The van der Waals surface area contributed by atoms with Crippen LogP contribution in [0.4, 0.5) is 0 Å². The molecule has 0 saturated carbocycles. The van der Waals surface area contributed by atoms with Gasteiger partial charge in [0.05, 0.1) is 13.2 Å². The average molecular weight is 293 g/mol. The number of amides is 1. The molecule has 1 aliphatic heterocycles. The van der Waals surface area contributed by atoms with Crippen molar-refractivity contribution in [1.29, 1.82) is 0 Å². The van der Waals surface area contributed by atoms with E-state index in [-0.39, 0.29) is 25.7 Å². The molecule has 0 radical (unpaired) electrons. The van der Waals surface area contributed by atoms with E-state index in [4.69, 9.17) is 14.6 Å². The van der Waals surface area contributed by atoms with Crippen molar-refractivity contribution in [2.75, 3.05) is 26.4 Å². The molecule has 1 N–H and O–H groups in total. The molecule has 6 heteroatoms. The number of morpholine rings is 1. The van der Waals surface area contributed by atoms with Crippen LogP contribution in [0, 0.1) is 0 Å². The summed E-state index contributed by atoms with van der Waals surface area (Å²) in [6, 6.07) is 6.56. The molecule has 1 aromatic carbocycles. The van der Waals surface area contributed by atoms with Crippen molar-refractivity contribution in [3.63, 3.8) is 0 Å². The van der Waals surface area contributed by atoms with Crippen LogP contribution in [0.1, 0.15) is 12.5 Å². The molecule has 1 aliphatic rings. The molecule has 2 rings (SSSR count). The van der Waals surface area contributed by atoms with Crippen LogP contribution >= 0.6 is 0 Å². The van der Waals surface area contributed by atoms with Gasteiger partial charge in [0.1, 0.15) is 5.75 Å². The van der Waals surface area contributed by atoms with E-state index in [0.29, 0.717) is 12.4 Å². The predicted molar refractivity (Wildman–Crippen MR) is 75.3 cm³/mol. The smallest absolute Gasteiger partial charge is 0.328 e. The van der Waals surface area contributed by atoms with Gasteiger partial charge < -0.3 is 19.5 Å². The number of aryl methyl sites for hydroxylation is 1. The Morgan fingerprint density at radius 3 is 2.90 bits per heavy atom. The Morgan fingerprint density at radius 2 is 2.19 bits per heavy atom. The summed E-state index contributed by atoms with van der Waals surface area (Å²) < 4.78 is 10.7. The number of carboxylic acid groups (broad SMARTS) is 1. The molecule has 114 valence electrons. The van der Waals surface area contributed by atoms with Gasteiger partial charge in [0, 0.05) is 6.54 Å². The third-order valence-electron chi connectivity index (χ3n) is 3.44. The van der Waals surface area contributed by atoms with E-state index in [9.17, 15) is 9.59 Å². The summed E-state index contributed by atoms with van der Waals surface area (Å²) in [6.07, 6.45) is 0.805. The quantitative estimate of drug-likeness (QED) is 0.874. The van der Waals surface area contributed by atoms with Gasteiger partial charge >= 0.3 is 5.97 Å². The summed E-state index contributed by atoms with van der Waals surface area (Å²) in [6.45, 7) is 2.48. The molecule has 1 atom stereocenters. The number of nitrogens with zero attached hydrogens (tertiary/aromatic N) is 1. The zero-order valence-electron chi connectivity index (χ0n) is 11.9. The van der Waals surface area contributed by atoms with Gasteiger partial charge in [0.15, 0.2) is 12.6 Å². The average Bonchev–Trinajstić information content (AvgIpc) is 2.52. The molecule has 6 nitrogen and oxygen atoms in total. The fraction of sp³-hybridized carbons (Fsp3) is 0.467. The van der Waals surface area contributed by atoms with Crippen LogP contribution in [0.25, 0.3) is 0 Å². The number of aliphatic carboxylic acids is 1. The van der Waals surface area contributed by atoms with E-state index < -0.39 is 12.0 Å². The highest BCUT2D eigenvalue weighted by Gasteiger charge is 2.32. The van der Waals surface area contributed by atoms with Crippen LogP contribution in [0.2, 0.25) is 0 Å². The Hall–Kier alpha value is -2.08. The number of carboxylic acids is 1. The Kier molecular flexibility index (Phi) is 5.16. The third kappa shape index (κ3) is 3.72. The Balaban J connectivity index is 1.99. The van der Waals surface area contributed by atoms with E-state index in [1.807, 2.05) is 25.1 Å². The molecule has 1 fully saturated rings. The van der Waals surface area contributed by atoms with E-state index >= 15 is 0 Å². The van der Waals surface area contributed by atoms with E-state index in [2.05, 4.69) is 0 Å². The van der Waals surface area contributed by atoms with Crippen molar-refractivity contribution in [3.8, 4) is 5.75 Å². The number of ether oxygens (including phenoxy) is 2. The number of hydrogen-bond donors (Lipinski definition) is 1. The van der Waals surface area contributed by atoms with E-state index in [1.54, 1.807) is 6.07 Å². The first-order valence-electron chi connectivity index (χ1n) is 6.94. The van der Waals surface area contributed by atoms with E-state index in [1.165, 1.54) is 4.90 Å². The van der Waals surface area contributed by atoms with Crippen LogP contribution in [-0.2, 0) is 20.7 Å². The van der Waals surface area contributed by atoms with Crippen molar-refractivity contribution in [2.45, 2.75) is 19.4 Å². The molecule has 1 heterocycles. The third-order valence-corrected chi connectivity index (χ3v) is 3.44. The van der Waals surface area contributed by atoms with Crippen molar-refractivity contribution < 1.29 is 24.2 Å². The maximum absolute atomic E-state index is 12.2. The number of hydrogen-bond acceptors (Lipinski definition) is 4. The first kappa shape index (κ1) is 15.3. The van der Waals surface area contributed by atoms with Crippen molar-refractivity contribution in [2.24, 2.45) is 0 Å². The first-order chi connectivity index (χ1) is 10.1. The number of carbonyl (C=O) groups is 2. The monoisotopic (exact) mass is 293 g/mol. The minimum absolute atomic E-state index is 0.0205. The Bertz CT molecular complexity index is 517. The summed E-state index contributed by atoms with van der Waals surface area (Å²) in [5.41, 5.74) is 1.02. The normalized spacial score (nSPS) is 18.3. The minimum Gasteiger partial charge on any atom is -0.483 e. The number of carbonyl (C=O) groups excluding carboxylic acids is 1. The summed E-state index contributed by atoms with van der Waals surface area (Å²) in [4.78, 5) is 24.6. The van der Waals surface area contributed by atoms with Crippen LogP contribution < -0.4 is 4.74 Å². The molecular weight excluding hydrogens is 274 g/mol. The fourth-order valence-electron chi connectivity index (χ4n) is 2.27. The first-order valence-corrected chi connectivity index (χ1v) is 6.94. The number of benzene rings is 1. The molecule has 0 aliphatic carbocycles. The van der Waals surface area contributed by atoms with Gasteiger partial charge in [0.25, 0.3) is 5.91 Å². The number of rotatable bonds is 5. The lowest BCUT2D eigenvalue weighted by Gasteiger charge is -2.32. The summed E-state index contributed by atoms with van der Waals surface area (Å²) >= 11 is 0. The van der Waals surface area contributed by atoms with Gasteiger partial charge in [0.2, 0.25) is 0 Å². The zero-order chi connectivity index (χ0) is 15.2. The molecule has 21 heavy (non-hydrogen) atoms. The van der Waals surface area contributed by atoms with Crippen LogP contribution in [0.15, 0.2) is 24.3 Å². The molecule has 0 spiro atoms. The topological polar surface area (TPSA) is 76.1 Å². The summed E-state index contributed by atoms with van der Waals surface area (Å²) in [5, 5.41) is 9.11. The van der Waals surface area contributed by atoms with Crippen molar-refractivity contribution in [3.05, 3.63) is 29.8 Å². The predicted octanol–water partition coefficient (Wildman–Crippen LogP) is 0.940. The van der Waals surface area contributed by atoms with Crippen LogP contribution in [0.3, 0.4) is 0 Å². The molecule has 1 unspecified atom stereocenters. The van der Waals surface area contributed by atoms with Gasteiger partial charge in [-0.25, -0.2) is 4.79 Å². The largest absolute Gasteiger partial charge is 0.483 e. The molecule has 1 aromatic rings. The zero-order valence-corrected chi connectivity index (χ0v) is 11.9. The highest BCUT2D eigenvalue weighted by molar-refractivity contribution is 5.84. The second-order valence-corrected chi connectivity index (χ2v) is 4.77. The SMILES string of the molecule is CCc1ccccc1OCC(=O)N1CCOCC1C(=O)O. The standard InChI is InChI=1S/C15H19NO5/c1-2-11-5-3-4-6-13(11)21-10-14(17)16-7-8-20-9-12(16)15(18)19/h3-6,12H,2,7-10H2,1H3,(H,18,19). The van der Waals surface area contributed by atoms with Crippen LogP contribution in [-0.4, -0.2) is 54.3 Å². The highest BCUT2D eigenvalue weighted by atomic mass is 16.5. The molecule has 1 saturated heterocycles. The second kappa shape index (κ2) is 7.08. The highest BCUT2D eigenvalue weighted by Crippen LogP contribution is 2.18. The molecular formula is C15H19NO5. The maximum atomic E-state index is 12.2. The van der Waals surface area contributed by atoms with Gasteiger partial charge in [-0.15, -0.1) is 0 Å². The van der Waals surface area contributed by atoms with Crippen molar-refractivity contribution in [1.82, 2.24) is 4.90 Å². The Morgan fingerprint density at radius 1 is 1.43 bits per heavy atom. The lowest BCUT2D eigenvalue weighted by molar-refractivity contribution is -0.159. The van der Waals surface area contributed by atoms with Gasteiger partial charge in [-0.1, -0.05) is 25.1 Å². The minimum atomic E-state index is -1.06. The molecule has 0 bridgehead atoms. The lowest BCUT2D eigenvalue weighted by Crippen LogP contribution is -2.53. The molecule has 1 amide bonds. The van der Waals surface area contributed by atoms with Crippen LogP contribution in [0.5, 0.6) is 5.75 Å². The van der Waals surface area contributed by atoms with Gasteiger partial charge in [-0.05, 0) is 18.1 Å². The summed E-state index contributed by atoms with van der Waals surface area (Å²) in [5.74, 6) is -0.734. The fourth-order valence-corrected chi connectivity index (χ4v) is 2.27. The Labute approximate surface area is 123 Å². The number of para-hydroxylation sites is 1. The second-order valence-electron chi connectivity index (χ2n) is 4.77. The van der Waals surface area contributed by atoms with Crippen molar-refractivity contribution >= 4 is 11.9 Å². The lowest BCUT2D eigenvalue weighted by atomic mass is 10.1. The molecule has 0 aromatic heterocycles. The summed E-state index contributed by atoms with van der Waals surface area (Å²) in [7, 11) is 0. The van der Waals surface area contributed by atoms with Gasteiger partial charge in [-0.2, -0.15) is 0 Å². The van der Waals surface area contributed by atoms with E-state index in [0.717, 1.165) is 12.0 Å². The maximum Gasteiger partial charge on any atom is 0.328 e. The van der Waals surface area contributed by atoms with Gasteiger partial charge in [-0.3, -0.25) is 4.79 Å².